The number of benzene rings is 1. The van der Waals surface area contributed by atoms with Gasteiger partial charge < -0.3 is 5.73 Å². The van der Waals surface area contributed by atoms with E-state index in [9.17, 15) is 18.9 Å². The summed E-state index contributed by atoms with van der Waals surface area (Å²) in [6.45, 7) is 1.57. The summed E-state index contributed by atoms with van der Waals surface area (Å²) in [5.74, 6) is -2.81. The molecule has 1 aliphatic rings. The number of nitrogens with two attached hydrogens (primary N) is 1. The summed E-state index contributed by atoms with van der Waals surface area (Å²) in [6, 6.07) is 4.63. The topological polar surface area (TPSA) is 69.2 Å². The summed E-state index contributed by atoms with van der Waals surface area (Å²) in [5, 5.41) is 11.0. The Morgan fingerprint density at radius 1 is 1.41 bits per heavy atom. The molecular weight excluding hydrogens is 230 g/mol. The molecule has 0 aliphatic heterocycles. The van der Waals surface area contributed by atoms with Crippen molar-refractivity contribution < 1.29 is 13.7 Å². The molecule has 1 aromatic carbocycles. The second-order valence-corrected chi connectivity index (χ2v) is 4.59. The summed E-state index contributed by atoms with van der Waals surface area (Å²) in [7, 11) is 0. The number of nitrogens with zero attached hydrogens (tertiary/aromatic N) is 1. The Hall–Kier alpha value is -1.56. The lowest BCUT2D eigenvalue weighted by Gasteiger charge is -2.44. The SMILES string of the molecule is Cc1cccc(C2(N)CC(F)(F)C2)c1[N+](=O)[O-]. The third-order valence-electron chi connectivity index (χ3n) is 3.10. The molecule has 0 spiro atoms. The highest BCUT2D eigenvalue weighted by molar-refractivity contribution is 5.51. The van der Waals surface area contributed by atoms with Crippen molar-refractivity contribution >= 4 is 5.69 Å². The van der Waals surface area contributed by atoms with E-state index in [1.165, 1.54) is 6.07 Å². The fraction of sp³-hybridized carbons (Fsp3) is 0.455. The van der Waals surface area contributed by atoms with E-state index in [0.29, 0.717) is 5.56 Å². The Bertz CT molecular complexity index is 480. The van der Waals surface area contributed by atoms with Crippen molar-refractivity contribution in [3.05, 3.63) is 39.4 Å². The molecule has 0 unspecified atom stereocenters. The fourth-order valence-electron chi connectivity index (χ4n) is 2.36. The molecule has 0 amide bonds. The van der Waals surface area contributed by atoms with Crippen LogP contribution in [0.4, 0.5) is 14.5 Å². The van der Waals surface area contributed by atoms with Gasteiger partial charge in [0.25, 0.3) is 11.6 Å². The quantitative estimate of drug-likeness (QED) is 0.639. The standard InChI is InChI=1S/C11H12F2N2O2/c1-7-3-2-4-8(9(7)15(16)17)10(14)5-11(12,13)6-10/h2-4H,5-6,14H2,1H3. The van der Waals surface area contributed by atoms with Crippen molar-refractivity contribution in [3.8, 4) is 0 Å². The number of para-hydroxylation sites is 1. The molecule has 4 nitrogen and oxygen atoms in total. The summed E-state index contributed by atoms with van der Waals surface area (Å²) < 4.78 is 25.8. The van der Waals surface area contributed by atoms with Gasteiger partial charge in [-0.1, -0.05) is 18.2 Å². The van der Waals surface area contributed by atoms with Gasteiger partial charge in [-0.05, 0) is 6.92 Å². The molecule has 0 bridgehead atoms. The molecule has 2 N–H and O–H groups in total. The molecule has 1 fully saturated rings. The van der Waals surface area contributed by atoms with Crippen molar-refractivity contribution in [2.24, 2.45) is 5.73 Å². The van der Waals surface area contributed by atoms with E-state index in [1.807, 2.05) is 0 Å². The zero-order chi connectivity index (χ0) is 12.8. The lowest BCUT2D eigenvalue weighted by molar-refractivity contribution is -0.387. The average Bonchev–Trinajstić information content (AvgIpc) is 2.13. The van der Waals surface area contributed by atoms with Crippen LogP contribution in [0.25, 0.3) is 0 Å². The Kier molecular flexibility index (Phi) is 2.43. The number of halogens is 2. The first-order valence-electron chi connectivity index (χ1n) is 5.16. The van der Waals surface area contributed by atoms with E-state index >= 15 is 0 Å². The summed E-state index contributed by atoms with van der Waals surface area (Å²) in [6.07, 6.45) is -1.07. The van der Waals surface area contributed by atoms with Gasteiger partial charge in [0.1, 0.15) is 0 Å². The van der Waals surface area contributed by atoms with Gasteiger partial charge in [0, 0.05) is 18.4 Å². The molecule has 1 aliphatic carbocycles. The smallest absolute Gasteiger partial charge is 0.277 e. The molecule has 0 atom stereocenters. The molecule has 2 rings (SSSR count). The van der Waals surface area contributed by atoms with Crippen LogP contribution < -0.4 is 5.73 Å². The van der Waals surface area contributed by atoms with Gasteiger partial charge in [-0.2, -0.15) is 0 Å². The zero-order valence-electron chi connectivity index (χ0n) is 9.24. The van der Waals surface area contributed by atoms with E-state index in [1.54, 1.807) is 19.1 Å². The summed E-state index contributed by atoms with van der Waals surface area (Å²) in [5.41, 5.74) is 5.04. The van der Waals surface area contributed by atoms with Crippen molar-refractivity contribution in [2.45, 2.75) is 31.2 Å². The molecule has 1 saturated carbocycles. The van der Waals surface area contributed by atoms with Crippen LogP contribution in [0, 0.1) is 17.0 Å². The highest BCUT2D eigenvalue weighted by Crippen LogP contribution is 2.52. The molecule has 0 aromatic heterocycles. The fourth-order valence-corrected chi connectivity index (χ4v) is 2.36. The first-order valence-corrected chi connectivity index (χ1v) is 5.16. The maximum Gasteiger partial charge on any atom is 0.277 e. The molecule has 6 heteroatoms. The number of alkyl halides is 2. The second-order valence-electron chi connectivity index (χ2n) is 4.59. The summed E-state index contributed by atoms with van der Waals surface area (Å²) in [4.78, 5) is 10.4. The monoisotopic (exact) mass is 242 g/mol. The Morgan fingerprint density at radius 3 is 2.47 bits per heavy atom. The van der Waals surface area contributed by atoms with E-state index in [4.69, 9.17) is 5.73 Å². The first-order chi connectivity index (χ1) is 7.75. The van der Waals surface area contributed by atoms with Gasteiger partial charge in [0.05, 0.1) is 16.0 Å². The third-order valence-corrected chi connectivity index (χ3v) is 3.10. The number of aryl methyl sites for hydroxylation is 1. The molecule has 0 heterocycles. The summed E-state index contributed by atoms with van der Waals surface area (Å²) >= 11 is 0. The third kappa shape index (κ3) is 1.88. The van der Waals surface area contributed by atoms with E-state index < -0.39 is 29.2 Å². The van der Waals surface area contributed by atoms with Crippen molar-refractivity contribution in [3.63, 3.8) is 0 Å². The Morgan fingerprint density at radius 2 is 2.00 bits per heavy atom. The van der Waals surface area contributed by atoms with Gasteiger partial charge in [-0.3, -0.25) is 10.1 Å². The van der Waals surface area contributed by atoms with Gasteiger partial charge in [-0.25, -0.2) is 8.78 Å². The normalized spacial score (nSPS) is 20.7. The van der Waals surface area contributed by atoms with Crippen molar-refractivity contribution in [1.29, 1.82) is 0 Å². The average molecular weight is 242 g/mol. The van der Waals surface area contributed by atoms with Gasteiger partial charge >= 0.3 is 0 Å². The predicted molar refractivity (Wildman–Crippen MR) is 57.9 cm³/mol. The van der Waals surface area contributed by atoms with Crippen LogP contribution in [0.5, 0.6) is 0 Å². The van der Waals surface area contributed by atoms with Gasteiger partial charge in [0.2, 0.25) is 0 Å². The van der Waals surface area contributed by atoms with Crippen LogP contribution in [-0.4, -0.2) is 10.8 Å². The van der Waals surface area contributed by atoms with Crippen molar-refractivity contribution in [1.82, 2.24) is 0 Å². The minimum Gasteiger partial charge on any atom is -0.321 e. The number of nitro groups is 1. The Balaban J connectivity index is 2.47. The lowest BCUT2D eigenvalue weighted by atomic mass is 9.69. The molecule has 0 radical (unpaired) electrons. The predicted octanol–water partition coefficient (Wildman–Crippen LogP) is 2.49. The number of nitro benzene ring substituents is 1. The van der Waals surface area contributed by atoms with Crippen LogP contribution in [0.1, 0.15) is 24.0 Å². The van der Waals surface area contributed by atoms with Gasteiger partial charge in [0.15, 0.2) is 0 Å². The number of hydrogen-bond acceptors (Lipinski definition) is 3. The number of rotatable bonds is 2. The highest BCUT2D eigenvalue weighted by atomic mass is 19.3. The van der Waals surface area contributed by atoms with E-state index in [0.717, 1.165) is 0 Å². The second kappa shape index (κ2) is 3.46. The Labute approximate surface area is 96.6 Å². The highest BCUT2D eigenvalue weighted by Gasteiger charge is 2.57. The van der Waals surface area contributed by atoms with Crippen LogP contribution in [0.2, 0.25) is 0 Å². The molecule has 17 heavy (non-hydrogen) atoms. The molecule has 1 aromatic rings. The minimum atomic E-state index is -2.81. The van der Waals surface area contributed by atoms with Crippen LogP contribution >= 0.6 is 0 Å². The van der Waals surface area contributed by atoms with Crippen LogP contribution in [0.15, 0.2) is 18.2 Å². The maximum absolute atomic E-state index is 12.9. The van der Waals surface area contributed by atoms with E-state index in [2.05, 4.69) is 0 Å². The number of hydrogen-bond donors (Lipinski definition) is 1. The lowest BCUT2D eigenvalue weighted by Crippen LogP contribution is -2.55. The van der Waals surface area contributed by atoms with Crippen LogP contribution in [-0.2, 0) is 5.54 Å². The largest absolute Gasteiger partial charge is 0.321 e. The van der Waals surface area contributed by atoms with E-state index in [-0.39, 0.29) is 11.3 Å². The molecular formula is C11H12F2N2O2. The minimum absolute atomic E-state index is 0.148. The molecule has 0 saturated heterocycles. The van der Waals surface area contributed by atoms with Crippen LogP contribution in [0.3, 0.4) is 0 Å². The zero-order valence-corrected chi connectivity index (χ0v) is 9.24. The molecule has 92 valence electrons. The van der Waals surface area contributed by atoms with Gasteiger partial charge in [-0.15, -0.1) is 0 Å². The van der Waals surface area contributed by atoms with Crippen molar-refractivity contribution in [2.75, 3.05) is 0 Å². The first kappa shape index (κ1) is 11.9. The maximum atomic E-state index is 12.9.